The van der Waals surface area contributed by atoms with Crippen LogP contribution in [0.5, 0.6) is 0 Å². The Bertz CT molecular complexity index is 377. The van der Waals surface area contributed by atoms with E-state index in [1.165, 1.54) is 0 Å². The van der Waals surface area contributed by atoms with E-state index in [9.17, 15) is 4.79 Å². The second-order valence-electron chi connectivity index (χ2n) is 3.91. The summed E-state index contributed by atoms with van der Waals surface area (Å²) in [6.07, 6.45) is 1.71. The van der Waals surface area contributed by atoms with Crippen LogP contribution in [0.25, 0.3) is 0 Å². The van der Waals surface area contributed by atoms with Gasteiger partial charge in [-0.3, -0.25) is 0 Å². The molecule has 1 aromatic carbocycles. The molecule has 4 nitrogen and oxygen atoms in total. The summed E-state index contributed by atoms with van der Waals surface area (Å²) in [7, 11) is 1.66. The van der Waals surface area contributed by atoms with Gasteiger partial charge in [-0.05, 0) is 43.5 Å². The minimum Gasteiger partial charge on any atom is -0.462 e. The van der Waals surface area contributed by atoms with E-state index in [2.05, 4.69) is 0 Å². The van der Waals surface area contributed by atoms with E-state index in [1.807, 2.05) is 6.92 Å². The monoisotopic (exact) mass is 237 g/mol. The quantitative estimate of drug-likeness (QED) is 0.468. The number of hydrogen-bond acceptors (Lipinski definition) is 4. The van der Waals surface area contributed by atoms with Crippen molar-refractivity contribution < 1.29 is 14.3 Å². The number of rotatable bonds is 6. The second-order valence-corrected chi connectivity index (χ2v) is 3.91. The van der Waals surface area contributed by atoms with Crippen LogP contribution in [0.4, 0.5) is 5.69 Å². The molecule has 4 heteroatoms. The normalized spacial score (nSPS) is 10.2. The van der Waals surface area contributed by atoms with Crippen molar-refractivity contribution in [3.8, 4) is 0 Å². The zero-order chi connectivity index (χ0) is 12.7. The summed E-state index contributed by atoms with van der Waals surface area (Å²) in [4.78, 5) is 11.7. The zero-order valence-corrected chi connectivity index (χ0v) is 10.4. The standard InChI is InChI=1S/C13H19NO3/c1-10-9-11(14)5-6-12(10)13(15)17-8-4-3-7-16-2/h5-6,9H,3-4,7-8,14H2,1-2H3. The molecular weight excluding hydrogens is 218 g/mol. The van der Waals surface area contributed by atoms with Crippen molar-refractivity contribution in [3.05, 3.63) is 29.3 Å². The summed E-state index contributed by atoms with van der Waals surface area (Å²) >= 11 is 0. The molecule has 94 valence electrons. The summed E-state index contributed by atoms with van der Waals surface area (Å²) in [5, 5.41) is 0. The van der Waals surface area contributed by atoms with Gasteiger partial charge in [0.15, 0.2) is 0 Å². The predicted molar refractivity (Wildman–Crippen MR) is 67.0 cm³/mol. The number of carbonyl (C=O) groups is 1. The molecule has 0 saturated carbocycles. The van der Waals surface area contributed by atoms with Crippen molar-refractivity contribution >= 4 is 11.7 Å². The molecule has 0 aliphatic heterocycles. The van der Waals surface area contributed by atoms with Crippen LogP contribution in [-0.4, -0.2) is 26.3 Å². The van der Waals surface area contributed by atoms with Crippen LogP contribution < -0.4 is 5.73 Å². The molecule has 0 radical (unpaired) electrons. The first-order chi connectivity index (χ1) is 8.15. The van der Waals surface area contributed by atoms with Gasteiger partial charge in [0, 0.05) is 19.4 Å². The number of benzene rings is 1. The fraction of sp³-hybridized carbons (Fsp3) is 0.462. The lowest BCUT2D eigenvalue weighted by Gasteiger charge is -2.07. The minimum atomic E-state index is -0.292. The van der Waals surface area contributed by atoms with Crippen molar-refractivity contribution in [1.29, 1.82) is 0 Å². The number of unbranched alkanes of at least 4 members (excludes halogenated alkanes) is 1. The molecule has 0 heterocycles. The first-order valence-corrected chi connectivity index (χ1v) is 5.67. The van der Waals surface area contributed by atoms with E-state index < -0.39 is 0 Å². The summed E-state index contributed by atoms with van der Waals surface area (Å²) in [6.45, 7) is 2.96. The molecule has 0 aliphatic carbocycles. The summed E-state index contributed by atoms with van der Waals surface area (Å²) in [6, 6.07) is 5.16. The molecule has 1 aromatic rings. The van der Waals surface area contributed by atoms with Crippen molar-refractivity contribution in [2.75, 3.05) is 26.1 Å². The Morgan fingerprint density at radius 3 is 2.65 bits per heavy atom. The molecule has 0 unspecified atom stereocenters. The molecule has 1 rings (SSSR count). The van der Waals surface area contributed by atoms with Gasteiger partial charge < -0.3 is 15.2 Å². The maximum absolute atomic E-state index is 11.7. The predicted octanol–water partition coefficient (Wildman–Crippen LogP) is 2.16. The third kappa shape index (κ3) is 4.44. The van der Waals surface area contributed by atoms with Crippen LogP contribution in [0.15, 0.2) is 18.2 Å². The van der Waals surface area contributed by atoms with Gasteiger partial charge in [-0.15, -0.1) is 0 Å². The van der Waals surface area contributed by atoms with Crippen molar-refractivity contribution in [1.82, 2.24) is 0 Å². The van der Waals surface area contributed by atoms with Gasteiger partial charge in [0.05, 0.1) is 12.2 Å². The Morgan fingerprint density at radius 1 is 1.29 bits per heavy atom. The smallest absolute Gasteiger partial charge is 0.338 e. The number of carbonyl (C=O) groups excluding carboxylic acids is 1. The highest BCUT2D eigenvalue weighted by Gasteiger charge is 2.09. The maximum atomic E-state index is 11.7. The number of ether oxygens (including phenoxy) is 2. The highest BCUT2D eigenvalue weighted by molar-refractivity contribution is 5.91. The van der Waals surface area contributed by atoms with Crippen molar-refractivity contribution in [2.24, 2.45) is 0 Å². The molecule has 0 amide bonds. The average molecular weight is 237 g/mol. The molecular formula is C13H19NO3. The molecule has 0 aliphatic rings. The number of nitrogen functional groups attached to an aromatic ring is 1. The number of esters is 1. The molecule has 17 heavy (non-hydrogen) atoms. The topological polar surface area (TPSA) is 61.5 Å². The fourth-order valence-corrected chi connectivity index (χ4v) is 1.51. The third-order valence-electron chi connectivity index (χ3n) is 2.45. The molecule has 0 aromatic heterocycles. The maximum Gasteiger partial charge on any atom is 0.338 e. The number of nitrogens with two attached hydrogens (primary N) is 1. The van der Waals surface area contributed by atoms with Gasteiger partial charge in [-0.2, -0.15) is 0 Å². The van der Waals surface area contributed by atoms with Crippen LogP contribution in [0.1, 0.15) is 28.8 Å². The summed E-state index contributed by atoms with van der Waals surface area (Å²) in [5.41, 5.74) is 7.68. The van der Waals surface area contributed by atoms with E-state index in [-0.39, 0.29) is 5.97 Å². The van der Waals surface area contributed by atoms with Crippen LogP contribution in [0.2, 0.25) is 0 Å². The Balaban J connectivity index is 2.42. The van der Waals surface area contributed by atoms with Crippen LogP contribution in [-0.2, 0) is 9.47 Å². The summed E-state index contributed by atoms with van der Waals surface area (Å²) in [5.74, 6) is -0.292. The third-order valence-corrected chi connectivity index (χ3v) is 2.45. The van der Waals surface area contributed by atoms with Gasteiger partial charge in [0.25, 0.3) is 0 Å². The van der Waals surface area contributed by atoms with Crippen LogP contribution in [0, 0.1) is 6.92 Å². The van der Waals surface area contributed by atoms with Crippen molar-refractivity contribution in [2.45, 2.75) is 19.8 Å². The van der Waals surface area contributed by atoms with Crippen LogP contribution in [0.3, 0.4) is 0 Å². The van der Waals surface area contributed by atoms with E-state index in [4.69, 9.17) is 15.2 Å². The number of anilines is 1. The lowest BCUT2D eigenvalue weighted by Crippen LogP contribution is -2.09. The molecule has 2 N–H and O–H groups in total. The Morgan fingerprint density at radius 2 is 2.00 bits per heavy atom. The number of methoxy groups -OCH3 is 1. The van der Waals surface area contributed by atoms with E-state index in [0.29, 0.717) is 24.5 Å². The van der Waals surface area contributed by atoms with Gasteiger partial charge in [-0.1, -0.05) is 0 Å². The van der Waals surface area contributed by atoms with E-state index >= 15 is 0 Å². The zero-order valence-electron chi connectivity index (χ0n) is 10.4. The number of hydrogen-bond donors (Lipinski definition) is 1. The molecule has 0 saturated heterocycles. The Hall–Kier alpha value is -1.55. The van der Waals surface area contributed by atoms with Gasteiger partial charge in [0.2, 0.25) is 0 Å². The second kappa shape index (κ2) is 6.91. The minimum absolute atomic E-state index is 0.292. The number of aryl methyl sites for hydroxylation is 1. The lowest BCUT2D eigenvalue weighted by molar-refractivity contribution is 0.0488. The van der Waals surface area contributed by atoms with Crippen molar-refractivity contribution in [3.63, 3.8) is 0 Å². The summed E-state index contributed by atoms with van der Waals surface area (Å²) < 4.78 is 10.1. The van der Waals surface area contributed by atoms with Gasteiger partial charge >= 0.3 is 5.97 Å². The van der Waals surface area contributed by atoms with Gasteiger partial charge in [0.1, 0.15) is 0 Å². The SMILES string of the molecule is COCCCCOC(=O)c1ccc(N)cc1C. The average Bonchev–Trinajstić information content (AvgIpc) is 2.28. The van der Waals surface area contributed by atoms with E-state index in [1.54, 1.807) is 25.3 Å². The highest BCUT2D eigenvalue weighted by atomic mass is 16.5. The Kier molecular flexibility index (Phi) is 5.49. The largest absolute Gasteiger partial charge is 0.462 e. The fourth-order valence-electron chi connectivity index (χ4n) is 1.51. The van der Waals surface area contributed by atoms with E-state index in [0.717, 1.165) is 18.4 Å². The Labute approximate surface area is 102 Å². The molecule has 0 bridgehead atoms. The first kappa shape index (κ1) is 13.5. The van der Waals surface area contributed by atoms with Crippen LogP contribution >= 0.6 is 0 Å². The first-order valence-electron chi connectivity index (χ1n) is 5.67. The molecule has 0 atom stereocenters. The highest BCUT2D eigenvalue weighted by Crippen LogP contribution is 2.13. The van der Waals surface area contributed by atoms with Gasteiger partial charge in [-0.25, -0.2) is 4.79 Å². The molecule has 0 fully saturated rings. The molecule has 0 spiro atoms. The lowest BCUT2D eigenvalue weighted by atomic mass is 10.1.